The Morgan fingerprint density at radius 3 is 1.68 bits per heavy atom. The van der Waals surface area contributed by atoms with Crippen LogP contribution in [0.5, 0.6) is 11.5 Å². The Kier molecular flexibility index (Phi) is 15.2. The van der Waals surface area contributed by atoms with Crippen LogP contribution in [0.15, 0.2) is 30.3 Å². The number of carbonyl (C=O) groups excluding carboxylic acids is 1. The van der Waals surface area contributed by atoms with Crippen LogP contribution < -0.4 is 5.32 Å². The maximum atomic E-state index is 13.1. The van der Waals surface area contributed by atoms with Gasteiger partial charge in [-0.15, -0.1) is 0 Å². The van der Waals surface area contributed by atoms with Crippen molar-refractivity contribution in [1.29, 1.82) is 0 Å². The molecule has 2 aromatic rings. The molecule has 0 saturated carbocycles. The molecule has 4 heteroatoms. The van der Waals surface area contributed by atoms with Crippen molar-refractivity contribution in [2.24, 2.45) is 0 Å². The van der Waals surface area contributed by atoms with Gasteiger partial charge in [0.25, 0.3) is 5.91 Å². The highest BCUT2D eigenvalue weighted by Gasteiger charge is 2.28. The Bertz CT molecular complexity index is 987. The molecule has 0 bridgehead atoms. The van der Waals surface area contributed by atoms with E-state index in [9.17, 15) is 15.0 Å². The highest BCUT2D eigenvalue weighted by molar-refractivity contribution is 5.94. The van der Waals surface area contributed by atoms with Crippen molar-refractivity contribution in [3.63, 3.8) is 0 Å². The summed E-state index contributed by atoms with van der Waals surface area (Å²) in [5.74, 6) is 0.464. The number of phenols is 2. The standard InChI is InChI=1S/C36H57NO3/c1-6-7-8-9-10-11-12-13-14-15-16-17-18-22-26-36(5,37-35(40)31-23-20-19-21-24-31)27-25-32-30(4)33(38)28(2)29(3)34(32)39/h19-21,23-24,38-39H,6-18,22,25-27H2,1-5H3,(H,37,40). The summed E-state index contributed by atoms with van der Waals surface area (Å²) in [6, 6.07) is 9.39. The summed E-state index contributed by atoms with van der Waals surface area (Å²) in [6.45, 7) is 9.95. The summed E-state index contributed by atoms with van der Waals surface area (Å²) in [5, 5.41) is 24.8. The Hall–Kier alpha value is -2.49. The van der Waals surface area contributed by atoms with Crippen LogP contribution in [0.3, 0.4) is 0 Å². The lowest BCUT2D eigenvalue weighted by Gasteiger charge is -2.32. The third-order valence-corrected chi connectivity index (χ3v) is 8.83. The average Bonchev–Trinajstić information content (AvgIpc) is 2.95. The van der Waals surface area contributed by atoms with E-state index in [1.165, 1.54) is 83.5 Å². The van der Waals surface area contributed by atoms with Gasteiger partial charge in [-0.2, -0.15) is 0 Å². The Morgan fingerprint density at radius 2 is 1.15 bits per heavy atom. The average molecular weight is 552 g/mol. The number of rotatable bonds is 20. The first kappa shape index (κ1) is 33.7. The number of amides is 1. The van der Waals surface area contributed by atoms with E-state index in [0.29, 0.717) is 18.4 Å². The lowest BCUT2D eigenvalue weighted by atomic mass is 9.85. The molecule has 2 aromatic carbocycles. The summed E-state index contributed by atoms with van der Waals surface area (Å²) in [5.41, 5.74) is 3.21. The molecular weight excluding hydrogens is 494 g/mol. The zero-order valence-electron chi connectivity index (χ0n) is 26.2. The summed E-state index contributed by atoms with van der Waals surface area (Å²) in [4.78, 5) is 13.1. The van der Waals surface area contributed by atoms with Crippen molar-refractivity contribution in [1.82, 2.24) is 5.32 Å². The van der Waals surface area contributed by atoms with Gasteiger partial charge >= 0.3 is 0 Å². The van der Waals surface area contributed by atoms with E-state index in [1.54, 1.807) is 0 Å². The van der Waals surface area contributed by atoms with Crippen molar-refractivity contribution in [2.45, 2.75) is 149 Å². The second-order valence-electron chi connectivity index (χ2n) is 12.3. The second kappa shape index (κ2) is 18.0. The van der Waals surface area contributed by atoms with Gasteiger partial charge in [-0.05, 0) is 75.8 Å². The van der Waals surface area contributed by atoms with E-state index in [4.69, 9.17) is 0 Å². The third-order valence-electron chi connectivity index (χ3n) is 8.83. The van der Waals surface area contributed by atoms with E-state index in [-0.39, 0.29) is 17.4 Å². The fourth-order valence-electron chi connectivity index (χ4n) is 5.79. The summed E-state index contributed by atoms with van der Waals surface area (Å²) in [7, 11) is 0. The number of carbonyl (C=O) groups is 1. The highest BCUT2D eigenvalue weighted by Crippen LogP contribution is 2.38. The Morgan fingerprint density at radius 1 is 0.675 bits per heavy atom. The van der Waals surface area contributed by atoms with Crippen LogP contribution in [-0.2, 0) is 6.42 Å². The zero-order chi connectivity index (χ0) is 29.4. The lowest BCUT2D eigenvalue weighted by Crippen LogP contribution is -2.46. The van der Waals surface area contributed by atoms with Gasteiger partial charge in [0.1, 0.15) is 11.5 Å². The molecule has 4 nitrogen and oxygen atoms in total. The molecule has 1 unspecified atom stereocenters. The first-order valence-corrected chi connectivity index (χ1v) is 16.1. The molecule has 0 spiro atoms. The van der Waals surface area contributed by atoms with Gasteiger partial charge in [0.05, 0.1) is 0 Å². The maximum absolute atomic E-state index is 13.1. The number of hydrogen-bond donors (Lipinski definition) is 3. The van der Waals surface area contributed by atoms with Gasteiger partial charge < -0.3 is 15.5 Å². The van der Waals surface area contributed by atoms with Gasteiger partial charge in [-0.3, -0.25) is 4.79 Å². The van der Waals surface area contributed by atoms with E-state index in [1.807, 2.05) is 51.1 Å². The monoisotopic (exact) mass is 551 g/mol. The quantitative estimate of drug-likeness (QED) is 0.113. The zero-order valence-corrected chi connectivity index (χ0v) is 26.2. The van der Waals surface area contributed by atoms with Crippen molar-refractivity contribution in [3.8, 4) is 11.5 Å². The molecule has 3 N–H and O–H groups in total. The van der Waals surface area contributed by atoms with Crippen molar-refractivity contribution in [2.75, 3.05) is 0 Å². The number of benzene rings is 2. The predicted molar refractivity (Wildman–Crippen MR) is 170 cm³/mol. The Balaban J connectivity index is 1.84. The number of aromatic hydroxyl groups is 2. The van der Waals surface area contributed by atoms with Crippen molar-refractivity contribution >= 4 is 5.91 Å². The smallest absolute Gasteiger partial charge is 0.251 e. The summed E-state index contributed by atoms with van der Waals surface area (Å²) < 4.78 is 0. The molecule has 1 atom stereocenters. The largest absolute Gasteiger partial charge is 0.507 e. The van der Waals surface area contributed by atoms with E-state index in [2.05, 4.69) is 19.2 Å². The maximum Gasteiger partial charge on any atom is 0.251 e. The molecule has 1 amide bonds. The molecule has 0 aliphatic heterocycles. The second-order valence-corrected chi connectivity index (χ2v) is 12.3. The first-order valence-electron chi connectivity index (χ1n) is 16.1. The highest BCUT2D eigenvalue weighted by atomic mass is 16.3. The van der Waals surface area contributed by atoms with Crippen LogP contribution in [0.1, 0.15) is 149 Å². The molecule has 40 heavy (non-hydrogen) atoms. The molecule has 0 radical (unpaired) electrons. The van der Waals surface area contributed by atoms with Crippen LogP contribution in [-0.4, -0.2) is 21.7 Å². The molecular formula is C36H57NO3. The SMILES string of the molecule is CCCCCCCCCCCCCCCCC(C)(CCc1c(C)c(O)c(C)c(C)c1O)NC(=O)c1ccccc1. The number of unbranched alkanes of at least 4 members (excludes halogenated alkanes) is 13. The van der Waals surface area contributed by atoms with Gasteiger partial charge in [0, 0.05) is 16.7 Å². The van der Waals surface area contributed by atoms with Gasteiger partial charge in [0.15, 0.2) is 0 Å². The first-order chi connectivity index (χ1) is 19.2. The van der Waals surface area contributed by atoms with E-state index < -0.39 is 5.54 Å². The van der Waals surface area contributed by atoms with Crippen LogP contribution in [0.25, 0.3) is 0 Å². The number of phenolic OH excluding ortho intramolecular Hbond substituents is 2. The molecule has 0 saturated heterocycles. The summed E-state index contributed by atoms with van der Waals surface area (Å²) >= 11 is 0. The van der Waals surface area contributed by atoms with E-state index in [0.717, 1.165) is 35.1 Å². The third kappa shape index (κ3) is 11.2. The minimum atomic E-state index is -0.405. The predicted octanol–water partition coefficient (Wildman–Crippen LogP) is 10.0. The molecule has 224 valence electrons. The van der Waals surface area contributed by atoms with Gasteiger partial charge in [0.2, 0.25) is 0 Å². The van der Waals surface area contributed by atoms with Crippen LogP contribution in [0, 0.1) is 20.8 Å². The van der Waals surface area contributed by atoms with Crippen molar-refractivity contribution < 1.29 is 15.0 Å². The van der Waals surface area contributed by atoms with Gasteiger partial charge in [-0.1, -0.05) is 115 Å². The normalized spacial score (nSPS) is 12.8. The fraction of sp³-hybridized carbons (Fsp3) is 0.639. The fourth-order valence-corrected chi connectivity index (χ4v) is 5.79. The molecule has 0 heterocycles. The molecule has 0 aliphatic rings. The minimum absolute atomic E-state index is 0.0580. The van der Waals surface area contributed by atoms with Crippen molar-refractivity contribution in [3.05, 3.63) is 58.1 Å². The number of nitrogens with one attached hydrogen (secondary N) is 1. The lowest BCUT2D eigenvalue weighted by molar-refractivity contribution is 0.0894. The molecule has 2 rings (SSSR count). The van der Waals surface area contributed by atoms with Crippen LogP contribution in [0.2, 0.25) is 0 Å². The molecule has 0 aliphatic carbocycles. The van der Waals surface area contributed by atoms with Crippen LogP contribution >= 0.6 is 0 Å². The topological polar surface area (TPSA) is 69.6 Å². The Labute approximate surface area is 245 Å². The van der Waals surface area contributed by atoms with Crippen LogP contribution in [0.4, 0.5) is 0 Å². The number of hydrogen-bond acceptors (Lipinski definition) is 3. The summed E-state index contributed by atoms with van der Waals surface area (Å²) in [6.07, 6.45) is 20.7. The molecule has 0 aromatic heterocycles. The minimum Gasteiger partial charge on any atom is -0.507 e. The van der Waals surface area contributed by atoms with E-state index >= 15 is 0 Å². The van der Waals surface area contributed by atoms with Gasteiger partial charge in [-0.25, -0.2) is 0 Å². The molecule has 0 fully saturated rings.